The maximum absolute atomic E-state index is 14.2. The molecule has 45 heavy (non-hydrogen) atoms. The van der Waals surface area contributed by atoms with E-state index in [0.717, 1.165) is 15.8 Å². The number of nitrogens with zero attached hydrogens (tertiary/aromatic N) is 2. The molecular weight excluding hydrogens is 605 g/mol. The summed E-state index contributed by atoms with van der Waals surface area (Å²) in [5.41, 5.74) is 2.36. The summed E-state index contributed by atoms with van der Waals surface area (Å²) >= 11 is 6.56. The number of fused-ring (bicyclic) bond motifs is 1. The molecule has 0 fully saturated rings. The lowest BCUT2D eigenvalue weighted by Gasteiger charge is -2.33. The average molecular weight is 633 g/mol. The van der Waals surface area contributed by atoms with Crippen LogP contribution in [0.25, 0.3) is 0 Å². The van der Waals surface area contributed by atoms with Crippen molar-refractivity contribution in [2.75, 3.05) is 10.6 Å². The summed E-state index contributed by atoms with van der Waals surface area (Å²) in [5, 5.41) is 9.61. The molecular formula is C34H28ClF3N4O3. The molecule has 0 aliphatic carbocycles. The standard InChI is InChI=1S/C34H28ClF3N4O3/c1-20-10-6-8-14-27(20)44-24-16-23(17-25(18-24)45-28-15-9-7-11-21(28)2)39-33(43)31-30(35)32-40-26(22-12-4-3-5-13-22)19-29(34(36,37)38)42(32)41-31/h3-18,26,29,40H,19H2,1-2H3,(H,39,43)/t26-,29-/m1/s1. The molecule has 4 aromatic carbocycles. The molecule has 6 rings (SSSR count). The Morgan fingerprint density at radius 2 is 1.44 bits per heavy atom. The van der Waals surface area contributed by atoms with Crippen LogP contribution in [0, 0.1) is 13.8 Å². The summed E-state index contributed by atoms with van der Waals surface area (Å²) in [6.07, 6.45) is -4.95. The molecule has 1 aromatic heterocycles. The molecule has 5 aromatic rings. The Morgan fingerprint density at radius 3 is 2.00 bits per heavy atom. The van der Waals surface area contributed by atoms with Crippen LogP contribution in [0.5, 0.6) is 23.0 Å². The monoisotopic (exact) mass is 632 g/mol. The molecule has 0 radical (unpaired) electrons. The molecule has 0 spiro atoms. The maximum Gasteiger partial charge on any atom is 0.410 e. The smallest absolute Gasteiger partial charge is 0.410 e. The number of hydrogen-bond donors (Lipinski definition) is 2. The highest BCUT2D eigenvalue weighted by atomic mass is 35.5. The fourth-order valence-corrected chi connectivity index (χ4v) is 5.45. The van der Waals surface area contributed by atoms with Crippen molar-refractivity contribution in [3.8, 4) is 23.0 Å². The number of benzene rings is 4. The van der Waals surface area contributed by atoms with Crippen LogP contribution >= 0.6 is 11.6 Å². The molecule has 0 saturated carbocycles. The molecule has 0 unspecified atom stereocenters. The molecule has 230 valence electrons. The van der Waals surface area contributed by atoms with E-state index in [-0.39, 0.29) is 28.6 Å². The van der Waals surface area contributed by atoms with Crippen LogP contribution in [-0.4, -0.2) is 21.9 Å². The first-order chi connectivity index (χ1) is 21.6. The van der Waals surface area contributed by atoms with Crippen molar-refractivity contribution in [3.63, 3.8) is 0 Å². The number of alkyl halides is 3. The van der Waals surface area contributed by atoms with Crippen molar-refractivity contribution < 1.29 is 27.4 Å². The van der Waals surface area contributed by atoms with Gasteiger partial charge < -0.3 is 20.1 Å². The van der Waals surface area contributed by atoms with Gasteiger partial charge in [0.2, 0.25) is 0 Å². The van der Waals surface area contributed by atoms with E-state index in [0.29, 0.717) is 28.6 Å². The number of ether oxygens (including phenoxy) is 2. The topological polar surface area (TPSA) is 77.4 Å². The molecule has 1 aliphatic rings. The van der Waals surface area contributed by atoms with Crippen LogP contribution in [0.3, 0.4) is 0 Å². The van der Waals surface area contributed by atoms with E-state index in [4.69, 9.17) is 21.1 Å². The molecule has 1 aliphatic heterocycles. The summed E-state index contributed by atoms with van der Waals surface area (Å²) in [7, 11) is 0. The lowest BCUT2D eigenvalue weighted by molar-refractivity contribution is -0.173. The Kier molecular flexibility index (Phi) is 8.16. The SMILES string of the molecule is Cc1ccccc1Oc1cc(NC(=O)c2nn3c(c2Cl)N[C@@H](c2ccccc2)C[C@@H]3C(F)(F)F)cc(Oc2ccccc2C)c1. The van der Waals surface area contributed by atoms with Crippen LogP contribution in [0.15, 0.2) is 97.1 Å². The van der Waals surface area contributed by atoms with E-state index >= 15 is 0 Å². The van der Waals surface area contributed by atoms with Crippen molar-refractivity contribution >= 4 is 29.0 Å². The predicted octanol–water partition coefficient (Wildman–Crippen LogP) is 9.65. The van der Waals surface area contributed by atoms with Gasteiger partial charge in [0.05, 0.1) is 6.04 Å². The quantitative estimate of drug-likeness (QED) is 0.187. The molecule has 2 heterocycles. The molecule has 2 N–H and O–H groups in total. The van der Waals surface area contributed by atoms with E-state index in [9.17, 15) is 18.0 Å². The number of aryl methyl sites for hydroxylation is 2. The highest BCUT2D eigenvalue weighted by Crippen LogP contribution is 2.46. The number of carbonyl (C=O) groups excluding carboxylic acids is 1. The first kappa shape index (κ1) is 30.1. The van der Waals surface area contributed by atoms with Crippen molar-refractivity contribution in [2.24, 2.45) is 0 Å². The molecule has 1 amide bonds. The van der Waals surface area contributed by atoms with Gasteiger partial charge in [0, 0.05) is 30.3 Å². The highest BCUT2D eigenvalue weighted by molar-refractivity contribution is 6.36. The van der Waals surface area contributed by atoms with Crippen molar-refractivity contribution in [1.82, 2.24) is 9.78 Å². The number of anilines is 2. The fourth-order valence-electron chi connectivity index (χ4n) is 5.19. The van der Waals surface area contributed by atoms with E-state index in [1.165, 1.54) is 0 Å². The Balaban J connectivity index is 1.33. The van der Waals surface area contributed by atoms with Crippen molar-refractivity contribution in [1.29, 1.82) is 0 Å². The Labute approximate surface area is 262 Å². The number of rotatable bonds is 7. The first-order valence-corrected chi connectivity index (χ1v) is 14.5. The number of nitrogens with one attached hydrogen (secondary N) is 2. The summed E-state index contributed by atoms with van der Waals surface area (Å²) in [4.78, 5) is 13.5. The van der Waals surface area contributed by atoms with Gasteiger partial charge in [-0.1, -0.05) is 78.3 Å². The molecule has 0 bridgehead atoms. The van der Waals surface area contributed by atoms with Crippen LogP contribution in [-0.2, 0) is 0 Å². The Hall–Kier alpha value is -4.96. The van der Waals surface area contributed by atoms with E-state index < -0.39 is 24.2 Å². The predicted molar refractivity (Wildman–Crippen MR) is 167 cm³/mol. The van der Waals surface area contributed by atoms with Gasteiger partial charge in [0.15, 0.2) is 11.7 Å². The average Bonchev–Trinajstić information content (AvgIpc) is 3.35. The van der Waals surface area contributed by atoms with Gasteiger partial charge >= 0.3 is 6.18 Å². The van der Waals surface area contributed by atoms with Crippen LogP contribution in [0.1, 0.15) is 45.7 Å². The summed E-state index contributed by atoms with van der Waals surface area (Å²) in [5.74, 6) is 1.06. The lowest BCUT2D eigenvalue weighted by Crippen LogP contribution is -2.35. The number of para-hydroxylation sites is 2. The number of aromatic nitrogens is 2. The van der Waals surface area contributed by atoms with Gasteiger partial charge in [-0.15, -0.1) is 0 Å². The van der Waals surface area contributed by atoms with E-state index in [2.05, 4.69) is 15.7 Å². The zero-order chi connectivity index (χ0) is 31.7. The zero-order valence-corrected chi connectivity index (χ0v) is 25.0. The maximum atomic E-state index is 14.2. The zero-order valence-electron chi connectivity index (χ0n) is 24.2. The van der Waals surface area contributed by atoms with E-state index in [1.807, 2.05) is 62.4 Å². The normalized spacial score (nSPS) is 16.0. The van der Waals surface area contributed by atoms with Gasteiger partial charge in [-0.3, -0.25) is 4.79 Å². The van der Waals surface area contributed by atoms with Gasteiger partial charge in [0.25, 0.3) is 5.91 Å². The third-order valence-corrected chi connectivity index (χ3v) is 7.85. The van der Waals surface area contributed by atoms with Crippen LogP contribution < -0.4 is 20.1 Å². The van der Waals surface area contributed by atoms with Crippen LogP contribution in [0.2, 0.25) is 5.02 Å². The second-order valence-corrected chi connectivity index (χ2v) is 11.1. The van der Waals surface area contributed by atoms with Gasteiger partial charge in [-0.25, -0.2) is 4.68 Å². The minimum atomic E-state index is -4.63. The largest absolute Gasteiger partial charge is 0.457 e. The number of hydrogen-bond acceptors (Lipinski definition) is 5. The molecule has 0 saturated heterocycles. The second-order valence-electron chi connectivity index (χ2n) is 10.7. The molecule has 11 heteroatoms. The molecule has 7 nitrogen and oxygen atoms in total. The summed E-state index contributed by atoms with van der Waals surface area (Å²) in [6.45, 7) is 3.80. The second kappa shape index (κ2) is 12.2. The van der Waals surface area contributed by atoms with Crippen LogP contribution in [0.4, 0.5) is 24.7 Å². The van der Waals surface area contributed by atoms with Gasteiger partial charge in [-0.05, 0) is 42.7 Å². The third kappa shape index (κ3) is 6.46. The minimum Gasteiger partial charge on any atom is -0.457 e. The third-order valence-electron chi connectivity index (χ3n) is 7.49. The number of carbonyl (C=O) groups is 1. The van der Waals surface area contributed by atoms with Gasteiger partial charge in [0.1, 0.15) is 33.8 Å². The summed E-state index contributed by atoms with van der Waals surface area (Å²) < 4.78 is 55.7. The number of halogens is 4. The fraction of sp³-hybridized carbons (Fsp3) is 0.176. The Bertz CT molecular complexity index is 1790. The lowest BCUT2D eigenvalue weighted by atomic mass is 9.97. The van der Waals surface area contributed by atoms with Crippen molar-refractivity contribution in [2.45, 2.75) is 38.5 Å². The van der Waals surface area contributed by atoms with Gasteiger partial charge in [-0.2, -0.15) is 18.3 Å². The minimum absolute atomic E-state index is 0.0792. The molecule has 2 atom stereocenters. The van der Waals surface area contributed by atoms with Crippen molar-refractivity contribution in [3.05, 3.63) is 124 Å². The highest BCUT2D eigenvalue weighted by Gasteiger charge is 2.47. The Morgan fingerprint density at radius 1 is 0.889 bits per heavy atom. The van der Waals surface area contributed by atoms with E-state index in [1.54, 1.807) is 48.5 Å². The number of amides is 1. The first-order valence-electron chi connectivity index (χ1n) is 14.2. The summed E-state index contributed by atoms with van der Waals surface area (Å²) in [6, 6.07) is 25.8.